The molecular weight excluding hydrogens is 205 g/mol. The van der Waals surface area contributed by atoms with Gasteiger partial charge in [-0.3, -0.25) is 4.68 Å². The van der Waals surface area contributed by atoms with Gasteiger partial charge in [0.05, 0.1) is 0 Å². The molecule has 0 bridgehead atoms. The fourth-order valence-corrected chi connectivity index (χ4v) is 1.38. The highest BCUT2D eigenvalue weighted by atomic mass is 19.4. The number of nitrogens with zero attached hydrogens (tertiary/aromatic N) is 2. The van der Waals surface area contributed by atoms with Gasteiger partial charge in [-0.15, -0.1) is 0 Å². The highest BCUT2D eigenvalue weighted by molar-refractivity contribution is 5.28. The van der Waals surface area contributed by atoms with Crippen molar-refractivity contribution in [3.8, 4) is 0 Å². The molecule has 1 heterocycles. The van der Waals surface area contributed by atoms with E-state index in [0.717, 1.165) is 0 Å². The van der Waals surface area contributed by atoms with Crippen molar-refractivity contribution in [2.45, 2.75) is 38.8 Å². The van der Waals surface area contributed by atoms with Crippen molar-refractivity contribution in [1.82, 2.24) is 9.78 Å². The lowest BCUT2D eigenvalue weighted by atomic mass is 9.82. The smallest absolute Gasteiger partial charge is 0.275 e. The molecule has 0 spiro atoms. The third-order valence-electron chi connectivity index (χ3n) is 2.71. The van der Waals surface area contributed by atoms with Crippen LogP contribution in [0.3, 0.4) is 0 Å². The third-order valence-corrected chi connectivity index (χ3v) is 2.71. The minimum Gasteiger partial charge on any atom is -0.275 e. The lowest BCUT2D eigenvalue weighted by Crippen LogP contribution is -2.20. The van der Waals surface area contributed by atoms with Crippen LogP contribution in [-0.2, 0) is 18.6 Å². The molecule has 0 aromatic carbocycles. The summed E-state index contributed by atoms with van der Waals surface area (Å²) in [5.41, 5.74) is -1.00. The molecule has 0 saturated carbocycles. The van der Waals surface area contributed by atoms with E-state index in [9.17, 15) is 13.2 Å². The molecule has 0 aliphatic heterocycles. The van der Waals surface area contributed by atoms with Crippen molar-refractivity contribution >= 4 is 0 Å². The zero-order valence-corrected chi connectivity index (χ0v) is 9.31. The number of rotatable bonds is 2. The zero-order chi connectivity index (χ0) is 11.9. The van der Waals surface area contributed by atoms with Gasteiger partial charge in [0.25, 0.3) is 0 Å². The van der Waals surface area contributed by atoms with Gasteiger partial charge in [0.1, 0.15) is 0 Å². The van der Waals surface area contributed by atoms with Gasteiger partial charge in [0.15, 0.2) is 5.69 Å². The minimum atomic E-state index is -4.37. The van der Waals surface area contributed by atoms with E-state index >= 15 is 0 Å². The first-order chi connectivity index (χ1) is 6.68. The van der Waals surface area contributed by atoms with E-state index in [4.69, 9.17) is 0 Å². The first-order valence-corrected chi connectivity index (χ1v) is 4.80. The average Bonchev–Trinajstić information content (AvgIpc) is 2.47. The lowest BCUT2D eigenvalue weighted by Gasteiger charge is -2.23. The van der Waals surface area contributed by atoms with Crippen LogP contribution in [0, 0.1) is 0 Å². The van der Waals surface area contributed by atoms with Gasteiger partial charge in [-0.1, -0.05) is 20.8 Å². The van der Waals surface area contributed by atoms with Crippen LogP contribution in [0.4, 0.5) is 13.2 Å². The van der Waals surface area contributed by atoms with Gasteiger partial charge in [0.2, 0.25) is 0 Å². The fraction of sp³-hybridized carbons (Fsp3) is 0.700. The van der Waals surface area contributed by atoms with Crippen molar-refractivity contribution in [1.29, 1.82) is 0 Å². The average molecular weight is 220 g/mol. The molecule has 0 amide bonds. The zero-order valence-electron chi connectivity index (χ0n) is 9.31. The predicted octanol–water partition coefficient (Wildman–Crippen LogP) is 3.13. The molecule has 86 valence electrons. The van der Waals surface area contributed by atoms with E-state index in [1.54, 1.807) is 13.8 Å². The van der Waals surface area contributed by atoms with Crippen LogP contribution in [0.2, 0.25) is 0 Å². The summed E-state index contributed by atoms with van der Waals surface area (Å²) >= 11 is 0. The molecule has 5 heteroatoms. The molecule has 0 unspecified atom stereocenters. The maximum atomic E-state index is 12.7. The Bertz CT molecular complexity index is 350. The standard InChI is InChI=1S/C10H15F3N2/c1-5-9(2,3)7-6-15(4)14-8(7)10(11,12)13/h6H,5H2,1-4H3. The molecule has 0 N–H and O–H groups in total. The molecular formula is C10H15F3N2. The summed E-state index contributed by atoms with van der Waals surface area (Å²) in [4.78, 5) is 0. The maximum absolute atomic E-state index is 12.7. The Morgan fingerprint density at radius 2 is 1.87 bits per heavy atom. The van der Waals surface area contributed by atoms with Crippen LogP contribution in [0.15, 0.2) is 6.20 Å². The molecule has 1 aromatic rings. The van der Waals surface area contributed by atoms with Gasteiger partial charge >= 0.3 is 6.18 Å². The molecule has 2 nitrogen and oxygen atoms in total. The monoisotopic (exact) mass is 220 g/mol. The largest absolute Gasteiger partial charge is 0.435 e. The lowest BCUT2D eigenvalue weighted by molar-refractivity contribution is -0.142. The number of alkyl halides is 3. The van der Waals surface area contributed by atoms with E-state index in [0.29, 0.717) is 6.42 Å². The normalized spacial score (nSPS) is 13.3. The Morgan fingerprint density at radius 3 is 2.27 bits per heavy atom. The second kappa shape index (κ2) is 3.54. The fourth-order valence-electron chi connectivity index (χ4n) is 1.38. The van der Waals surface area contributed by atoms with Crippen molar-refractivity contribution in [3.63, 3.8) is 0 Å². The van der Waals surface area contributed by atoms with Crippen molar-refractivity contribution in [2.24, 2.45) is 7.05 Å². The van der Waals surface area contributed by atoms with E-state index in [1.807, 2.05) is 6.92 Å². The molecule has 0 fully saturated rings. The maximum Gasteiger partial charge on any atom is 0.435 e. The summed E-state index contributed by atoms with van der Waals surface area (Å²) in [6.45, 7) is 5.45. The minimum absolute atomic E-state index is 0.264. The summed E-state index contributed by atoms with van der Waals surface area (Å²) in [5, 5.41) is 3.49. The molecule has 0 atom stereocenters. The van der Waals surface area contributed by atoms with Crippen LogP contribution in [0.5, 0.6) is 0 Å². The topological polar surface area (TPSA) is 17.8 Å². The Labute approximate surface area is 87.1 Å². The SMILES string of the molecule is CCC(C)(C)c1cn(C)nc1C(F)(F)F. The first kappa shape index (κ1) is 12.1. The van der Waals surface area contributed by atoms with E-state index in [-0.39, 0.29) is 5.56 Å². The van der Waals surface area contributed by atoms with Gasteiger partial charge in [-0.25, -0.2) is 0 Å². The summed E-state index contributed by atoms with van der Waals surface area (Å²) < 4.78 is 39.2. The summed E-state index contributed by atoms with van der Waals surface area (Å²) in [7, 11) is 1.50. The van der Waals surface area contributed by atoms with E-state index < -0.39 is 17.3 Å². The van der Waals surface area contributed by atoms with Crippen LogP contribution in [0.25, 0.3) is 0 Å². The quantitative estimate of drug-likeness (QED) is 0.748. The molecule has 0 radical (unpaired) electrons. The van der Waals surface area contributed by atoms with Crippen LogP contribution < -0.4 is 0 Å². The van der Waals surface area contributed by atoms with Crippen LogP contribution >= 0.6 is 0 Å². The van der Waals surface area contributed by atoms with Gasteiger partial charge < -0.3 is 0 Å². The second-order valence-corrected chi connectivity index (χ2v) is 4.30. The Hall–Kier alpha value is -1.00. The molecule has 0 aliphatic rings. The first-order valence-electron chi connectivity index (χ1n) is 4.80. The third kappa shape index (κ3) is 2.33. The van der Waals surface area contributed by atoms with Gasteiger partial charge in [0, 0.05) is 18.8 Å². The van der Waals surface area contributed by atoms with Crippen molar-refractivity contribution < 1.29 is 13.2 Å². The van der Waals surface area contributed by atoms with E-state index in [1.165, 1.54) is 17.9 Å². The molecule has 1 aromatic heterocycles. The molecule has 1 rings (SSSR count). The van der Waals surface area contributed by atoms with Crippen LogP contribution in [0.1, 0.15) is 38.4 Å². The number of aromatic nitrogens is 2. The highest BCUT2D eigenvalue weighted by Crippen LogP contribution is 2.37. The Balaban J connectivity index is 3.30. The van der Waals surface area contributed by atoms with Gasteiger partial charge in [-0.05, 0) is 11.8 Å². The summed E-state index contributed by atoms with van der Waals surface area (Å²) in [6, 6.07) is 0. The molecule has 15 heavy (non-hydrogen) atoms. The Morgan fingerprint density at radius 1 is 1.33 bits per heavy atom. The second-order valence-electron chi connectivity index (χ2n) is 4.30. The highest BCUT2D eigenvalue weighted by Gasteiger charge is 2.40. The number of hydrogen-bond acceptors (Lipinski definition) is 1. The number of aryl methyl sites for hydroxylation is 1. The Kier molecular flexibility index (Phi) is 2.85. The predicted molar refractivity (Wildman–Crippen MR) is 51.5 cm³/mol. The number of halogens is 3. The molecule has 0 aliphatic carbocycles. The number of hydrogen-bond donors (Lipinski definition) is 0. The van der Waals surface area contributed by atoms with Crippen molar-refractivity contribution in [2.75, 3.05) is 0 Å². The van der Waals surface area contributed by atoms with Crippen LogP contribution in [-0.4, -0.2) is 9.78 Å². The molecule has 0 saturated heterocycles. The summed E-state index contributed by atoms with van der Waals surface area (Å²) in [5.74, 6) is 0. The van der Waals surface area contributed by atoms with Crippen molar-refractivity contribution in [3.05, 3.63) is 17.5 Å². The van der Waals surface area contributed by atoms with Gasteiger partial charge in [-0.2, -0.15) is 18.3 Å². The summed E-state index contributed by atoms with van der Waals surface area (Å²) in [6.07, 6.45) is -2.28. The van der Waals surface area contributed by atoms with E-state index in [2.05, 4.69) is 5.10 Å².